The molecule has 0 aliphatic carbocycles. The van der Waals surface area contributed by atoms with Crippen molar-refractivity contribution in [3.8, 4) is 0 Å². The van der Waals surface area contributed by atoms with Crippen molar-refractivity contribution in [2.24, 2.45) is 0 Å². The Morgan fingerprint density at radius 2 is 1.80 bits per heavy atom. The first-order valence-electron chi connectivity index (χ1n) is 5.85. The molecule has 1 aromatic rings. The van der Waals surface area contributed by atoms with Crippen LogP contribution in [-0.4, -0.2) is 29.1 Å². The fourth-order valence-corrected chi connectivity index (χ4v) is 2.39. The van der Waals surface area contributed by atoms with Crippen molar-refractivity contribution in [1.29, 1.82) is 0 Å². The summed E-state index contributed by atoms with van der Waals surface area (Å²) in [6.07, 6.45) is -9.41. The van der Waals surface area contributed by atoms with Crippen LogP contribution in [0, 0.1) is 5.51 Å². The molecular formula is C11H13F6N2S. The molecule has 0 amide bonds. The van der Waals surface area contributed by atoms with E-state index in [2.05, 4.69) is 10.5 Å². The second-order valence-electron chi connectivity index (χ2n) is 4.22. The monoisotopic (exact) mass is 319 g/mol. The van der Waals surface area contributed by atoms with Crippen LogP contribution >= 0.6 is 11.3 Å². The lowest BCUT2D eigenvalue weighted by molar-refractivity contribution is -0.143. The molecule has 1 aromatic heterocycles. The van der Waals surface area contributed by atoms with Crippen molar-refractivity contribution < 1.29 is 26.3 Å². The molecule has 115 valence electrons. The predicted molar refractivity (Wildman–Crippen MR) is 62.2 cm³/mol. The zero-order valence-electron chi connectivity index (χ0n) is 10.6. The van der Waals surface area contributed by atoms with Crippen molar-refractivity contribution in [3.05, 3.63) is 16.1 Å². The summed E-state index contributed by atoms with van der Waals surface area (Å²) >= 11 is 0.685. The summed E-state index contributed by atoms with van der Waals surface area (Å²) in [7, 11) is 0. The molecule has 1 heterocycles. The second-order valence-corrected chi connectivity index (χ2v) is 5.10. The van der Waals surface area contributed by atoms with Gasteiger partial charge < -0.3 is 0 Å². The molecule has 0 N–H and O–H groups in total. The Kier molecular flexibility index (Phi) is 5.81. The first-order valence-corrected chi connectivity index (χ1v) is 6.67. The summed E-state index contributed by atoms with van der Waals surface area (Å²) < 4.78 is 74.4. The molecule has 20 heavy (non-hydrogen) atoms. The van der Waals surface area contributed by atoms with Crippen LogP contribution in [0.15, 0.2) is 0 Å². The third-order valence-electron chi connectivity index (χ3n) is 2.48. The molecule has 0 aliphatic heterocycles. The minimum atomic E-state index is -4.60. The van der Waals surface area contributed by atoms with Crippen molar-refractivity contribution in [2.75, 3.05) is 13.1 Å². The van der Waals surface area contributed by atoms with Gasteiger partial charge in [0.1, 0.15) is 0 Å². The molecule has 0 saturated heterocycles. The topological polar surface area (TPSA) is 16.1 Å². The van der Waals surface area contributed by atoms with E-state index < -0.39 is 24.5 Å². The maximum Gasteiger partial charge on any atom is 0.434 e. The van der Waals surface area contributed by atoms with Crippen LogP contribution in [-0.2, 0) is 12.7 Å². The van der Waals surface area contributed by atoms with Crippen molar-refractivity contribution in [3.63, 3.8) is 0 Å². The van der Waals surface area contributed by atoms with E-state index in [1.54, 1.807) is 6.92 Å². The van der Waals surface area contributed by atoms with Gasteiger partial charge in [0, 0.05) is 13.1 Å². The lowest BCUT2D eigenvalue weighted by Gasteiger charge is -2.22. The molecule has 1 radical (unpaired) electrons. The number of rotatable bonds is 6. The normalized spacial score (nSPS) is 13.2. The van der Waals surface area contributed by atoms with E-state index in [-0.39, 0.29) is 18.0 Å². The summed E-state index contributed by atoms with van der Waals surface area (Å²) in [5.74, 6) is 0. The highest BCUT2D eigenvalue weighted by Crippen LogP contribution is 2.33. The molecule has 0 saturated carbocycles. The molecule has 0 aromatic carbocycles. The van der Waals surface area contributed by atoms with E-state index >= 15 is 0 Å². The molecule has 1 rings (SSSR count). The summed E-state index contributed by atoms with van der Waals surface area (Å²) in [5.41, 5.74) is 1.09. The lowest BCUT2D eigenvalue weighted by Crippen LogP contribution is -2.29. The number of hydrogen-bond donors (Lipinski definition) is 0. The third kappa shape index (κ3) is 5.66. The van der Waals surface area contributed by atoms with Crippen molar-refractivity contribution >= 4 is 11.3 Å². The largest absolute Gasteiger partial charge is 0.434 e. The number of thiazole rings is 1. The van der Waals surface area contributed by atoms with Crippen LogP contribution in [0.3, 0.4) is 0 Å². The molecule has 0 unspecified atom stereocenters. The van der Waals surface area contributed by atoms with Gasteiger partial charge >= 0.3 is 12.4 Å². The molecule has 9 heteroatoms. The van der Waals surface area contributed by atoms with Crippen LogP contribution in [0.25, 0.3) is 0 Å². The van der Waals surface area contributed by atoms with Crippen LogP contribution in [0.2, 0.25) is 0 Å². The predicted octanol–water partition coefficient (Wildman–Crippen LogP) is 4.13. The number of hydrogen-bond acceptors (Lipinski definition) is 3. The van der Waals surface area contributed by atoms with Gasteiger partial charge in [0.05, 0.1) is 11.3 Å². The Morgan fingerprint density at radius 3 is 2.30 bits per heavy atom. The molecule has 0 aliphatic rings. The van der Waals surface area contributed by atoms with Crippen molar-refractivity contribution in [2.45, 2.75) is 38.7 Å². The van der Waals surface area contributed by atoms with Gasteiger partial charge in [0.25, 0.3) is 0 Å². The van der Waals surface area contributed by atoms with Gasteiger partial charge in [0.15, 0.2) is 11.2 Å². The number of nitrogens with zero attached hydrogens (tertiary/aromatic N) is 2. The summed E-state index contributed by atoms with van der Waals surface area (Å²) in [6, 6.07) is 0. The zero-order chi connectivity index (χ0) is 15.4. The van der Waals surface area contributed by atoms with E-state index in [0.717, 1.165) is 0 Å². The first kappa shape index (κ1) is 17.2. The molecular weight excluding hydrogens is 306 g/mol. The van der Waals surface area contributed by atoms with Crippen LogP contribution in [0.1, 0.15) is 30.3 Å². The minimum Gasteiger partial charge on any atom is -0.298 e. The number of halogens is 6. The Morgan fingerprint density at radius 1 is 1.15 bits per heavy atom. The summed E-state index contributed by atoms with van der Waals surface area (Å²) in [6.45, 7) is 1.53. The van der Waals surface area contributed by atoms with Gasteiger partial charge in [-0.05, 0) is 13.0 Å². The first-order chi connectivity index (χ1) is 9.13. The van der Waals surface area contributed by atoms with E-state index in [4.69, 9.17) is 0 Å². The van der Waals surface area contributed by atoms with Gasteiger partial charge in [0.2, 0.25) is 0 Å². The van der Waals surface area contributed by atoms with Crippen LogP contribution in [0.5, 0.6) is 0 Å². The average Bonchev–Trinajstić information content (AvgIpc) is 2.73. The van der Waals surface area contributed by atoms with Gasteiger partial charge in [-0.15, -0.1) is 11.3 Å². The SMILES string of the molecule is CCCN(CCC(F)(F)F)Cc1s[c]nc1C(F)(F)F. The fraction of sp³-hybridized carbons (Fsp3) is 0.727. The highest BCUT2D eigenvalue weighted by Gasteiger charge is 2.37. The Labute approximate surface area is 116 Å². The highest BCUT2D eigenvalue weighted by molar-refractivity contribution is 7.09. The molecule has 2 nitrogen and oxygen atoms in total. The third-order valence-corrected chi connectivity index (χ3v) is 3.23. The van der Waals surface area contributed by atoms with E-state index in [1.807, 2.05) is 0 Å². The quantitative estimate of drug-likeness (QED) is 0.733. The molecule has 0 fully saturated rings. The highest BCUT2D eigenvalue weighted by atomic mass is 32.1. The van der Waals surface area contributed by atoms with Gasteiger partial charge in [-0.1, -0.05) is 6.92 Å². The summed E-state index contributed by atoms with van der Waals surface area (Å²) in [4.78, 5) is 4.38. The fourth-order valence-electron chi connectivity index (χ4n) is 1.64. The Bertz CT molecular complexity index is 412. The minimum absolute atomic E-state index is 0.104. The Hall–Kier alpha value is -0.830. The smallest absolute Gasteiger partial charge is 0.298 e. The van der Waals surface area contributed by atoms with Gasteiger partial charge in [-0.25, -0.2) is 4.98 Å². The maximum atomic E-state index is 12.6. The maximum absolute atomic E-state index is 12.6. The Balaban J connectivity index is 2.73. The average molecular weight is 319 g/mol. The van der Waals surface area contributed by atoms with Crippen LogP contribution in [0.4, 0.5) is 26.3 Å². The zero-order valence-corrected chi connectivity index (χ0v) is 11.4. The standard InChI is InChI=1S/C11H13F6N2S/c1-2-4-19(5-3-10(12,13)14)6-8-9(11(15,16)17)18-7-20-8/h2-6H2,1H3. The molecule has 0 bridgehead atoms. The van der Waals surface area contributed by atoms with E-state index in [1.165, 1.54) is 4.90 Å². The number of alkyl halides is 6. The summed E-state index contributed by atoms with van der Waals surface area (Å²) in [5, 5.41) is 0. The molecule has 0 spiro atoms. The van der Waals surface area contributed by atoms with Gasteiger partial charge in [-0.3, -0.25) is 4.90 Å². The van der Waals surface area contributed by atoms with E-state index in [0.29, 0.717) is 24.3 Å². The molecule has 0 atom stereocenters. The van der Waals surface area contributed by atoms with E-state index in [9.17, 15) is 26.3 Å². The van der Waals surface area contributed by atoms with Crippen molar-refractivity contribution in [1.82, 2.24) is 9.88 Å². The lowest BCUT2D eigenvalue weighted by atomic mass is 10.3. The number of aromatic nitrogens is 1. The second kappa shape index (κ2) is 6.75. The van der Waals surface area contributed by atoms with Crippen LogP contribution < -0.4 is 0 Å². The van der Waals surface area contributed by atoms with Gasteiger partial charge in [-0.2, -0.15) is 26.3 Å².